The molecule has 0 radical (unpaired) electrons. The van der Waals surface area contributed by atoms with Crippen LogP contribution in [0.15, 0.2) is 0 Å². The summed E-state index contributed by atoms with van der Waals surface area (Å²) in [6.07, 6.45) is 2.80. The van der Waals surface area contributed by atoms with Crippen LogP contribution in [0.2, 0.25) is 0 Å². The van der Waals surface area contributed by atoms with Gasteiger partial charge in [-0.15, -0.1) is 0 Å². The van der Waals surface area contributed by atoms with E-state index in [0.29, 0.717) is 6.04 Å². The molecule has 0 amide bonds. The Morgan fingerprint density at radius 3 is 2.11 bits per heavy atom. The van der Waals surface area contributed by atoms with Gasteiger partial charge in [-0.25, -0.2) is 0 Å². The summed E-state index contributed by atoms with van der Waals surface area (Å²) in [5, 5.41) is 3.51. The summed E-state index contributed by atoms with van der Waals surface area (Å²) in [6.45, 7) is 17.9. The van der Waals surface area contributed by atoms with Gasteiger partial charge in [0.15, 0.2) is 0 Å². The number of nitrogens with one attached hydrogen (secondary N) is 1. The second-order valence-corrected chi connectivity index (χ2v) is 5.36. The number of hydrogen-bond acceptors (Lipinski definition) is 3. The van der Waals surface area contributed by atoms with Gasteiger partial charge in [0.05, 0.1) is 0 Å². The lowest BCUT2D eigenvalue weighted by Gasteiger charge is -2.37. The quantitative estimate of drug-likeness (QED) is 0.833. The van der Waals surface area contributed by atoms with Crippen molar-refractivity contribution >= 4 is 0 Å². The molecule has 3 heteroatoms. The molecule has 0 aromatic carbocycles. The lowest BCUT2D eigenvalue weighted by atomic mass is 9.96. The Morgan fingerprint density at radius 1 is 1.00 bits per heavy atom. The van der Waals surface area contributed by atoms with E-state index >= 15 is 0 Å². The minimum atomic E-state index is 0.685. The van der Waals surface area contributed by atoms with Crippen molar-refractivity contribution < 1.29 is 0 Å². The SMILES string of the molecule is CC.CC.CC1CN(CC2CCN(C)CC2)CCN1. The second kappa shape index (κ2) is 11.7. The zero-order chi connectivity index (χ0) is 14.7. The third-order valence-corrected chi connectivity index (χ3v) is 3.81. The minimum Gasteiger partial charge on any atom is -0.312 e. The van der Waals surface area contributed by atoms with E-state index in [9.17, 15) is 0 Å². The summed E-state index contributed by atoms with van der Waals surface area (Å²) in [4.78, 5) is 5.11. The van der Waals surface area contributed by atoms with Gasteiger partial charge in [0, 0.05) is 32.2 Å². The van der Waals surface area contributed by atoms with Gasteiger partial charge in [-0.05, 0) is 45.8 Å². The Kier molecular flexibility index (Phi) is 11.6. The van der Waals surface area contributed by atoms with Gasteiger partial charge in [0.1, 0.15) is 0 Å². The molecule has 2 rings (SSSR count). The van der Waals surface area contributed by atoms with Crippen molar-refractivity contribution in [2.75, 3.05) is 46.3 Å². The van der Waals surface area contributed by atoms with Crippen LogP contribution in [0.5, 0.6) is 0 Å². The van der Waals surface area contributed by atoms with Crippen LogP contribution in [0.3, 0.4) is 0 Å². The van der Waals surface area contributed by atoms with E-state index in [1.165, 1.54) is 52.1 Å². The molecule has 2 heterocycles. The van der Waals surface area contributed by atoms with Crippen LogP contribution in [-0.2, 0) is 0 Å². The van der Waals surface area contributed by atoms with E-state index in [0.717, 1.165) is 5.92 Å². The molecular weight excluding hydrogens is 234 g/mol. The zero-order valence-electron chi connectivity index (χ0n) is 14.2. The highest BCUT2D eigenvalue weighted by atomic mass is 15.2. The molecule has 0 bridgehead atoms. The number of likely N-dealkylation sites (tertiary alicyclic amines) is 1. The van der Waals surface area contributed by atoms with Gasteiger partial charge in [-0.1, -0.05) is 27.7 Å². The fraction of sp³-hybridized carbons (Fsp3) is 1.00. The molecule has 2 saturated heterocycles. The Hall–Kier alpha value is -0.120. The van der Waals surface area contributed by atoms with E-state index < -0.39 is 0 Å². The van der Waals surface area contributed by atoms with Crippen molar-refractivity contribution in [3.05, 3.63) is 0 Å². The Morgan fingerprint density at radius 2 is 1.58 bits per heavy atom. The second-order valence-electron chi connectivity index (χ2n) is 5.36. The third kappa shape index (κ3) is 7.91. The maximum Gasteiger partial charge on any atom is 0.0167 e. The third-order valence-electron chi connectivity index (χ3n) is 3.81. The van der Waals surface area contributed by atoms with E-state index in [-0.39, 0.29) is 0 Å². The van der Waals surface area contributed by atoms with E-state index in [1.807, 2.05) is 27.7 Å². The molecule has 0 aliphatic carbocycles. The van der Waals surface area contributed by atoms with Crippen molar-refractivity contribution in [1.29, 1.82) is 0 Å². The van der Waals surface area contributed by atoms with Gasteiger partial charge in [0.2, 0.25) is 0 Å². The van der Waals surface area contributed by atoms with Crippen molar-refractivity contribution in [2.45, 2.75) is 53.5 Å². The summed E-state index contributed by atoms with van der Waals surface area (Å²) in [5.41, 5.74) is 0. The molecule has 0 aromatic rings. The summed E-state index contributed by atoms with van der Waals surface area (Å²) >= 11 is 0. The molecule has 0 saturated carbocycles. The summed E-state index contributed by atoms with van der Waals surface area (Å²) < 4.78 is 0. The monoisotopic (exact) mass is 271 g/mol. The summed E-state index contributed by atoms with van der Waals surface area (Å²) in [6, 6.07) is 0.685. The van der Waals surface area contributed by atoms with Crippen LogP contribution in [0, 0.1) is 5.92 Å². The molecule has 1 unspecified atom stereocenters. The van der Waals surface area contributed by atoms with Gasteiger partial charge in [0.25, 0.3) is 0 Å². The highest BCUT2D eigenvalue weighted by Gasteiger charge is 2.22. The Labute approximate surface area is 121 Å². The first-order chi connectivity index (χ1) is 9.24. The van der Waals surface area contributed by atoms with E-state index in [4.69, 9.17) is 0 Å². The molecule has 1 N–H and O–H groups in total. The van der Waals surface area contributed by atoms with Crippen LogP contribution in [0.1, 0.15) is 47.5 Å². The smallest absolute Gasteiger partial charge is 0.0167 e. The van der Waals surface area contributed by atoms with Crippen molar-refractivity contribution in [1.82, 2.24) is 15.1 Å². The average Bonchev–Trinajstić information content (AvgIpc) is 2.46. The topological polar surface area (TPSA) is 18.5 Å². The fourth-order valence-corrected chi connectivity index (χ4v) is 2.79. The maximum absolute atomic E-state index is 3.51. The highest BCUT2D eigenvalue weighted by Crippen LogP contribution is 2.17. The Balaban J connectivity index is 0.000000741. The molecule has 2 aliphatic rings. The molecule has 2 aliphatic heterocycles. The molecule has 2 fully saturated rings. The van der Waals surface area contributed by atoms with Crippen LogP contribution in [-0.4, -0.2) is 62.2 Å². The van der Waals surface area contributed by atoms with Crippen molar-refractivity contribution in [2.24, 2.45) is 5.92 Å². The largest absolute Gasteiger partial charge is 0.312 e. The van der Waals surface area contributed by atoms with Crippen LogP contribution in [0.25, 0.3) is 0 Å². The predicted molar refractivity (Wildman–Crippen MR) is 86.8 cm³/mol. The fourth-order valence-electron chi connectivity index (χ4n) is 2.79. The van der Waals surface area contributed by atoms with Crippen LogP contribution in [0.4, 0.5) is 0 Å². The van der Waals surface area contributed by atoms with Gasteiger partial charge >= 0.3 is 0 Å². The van der Waals surface area contributed by atoms with Crippen molar-refractivity contribution in [3.63, 3.8) is 0 Å². The summed E-state index contributed by atoms with van der Waals surface area (Å²) in [5.74, 6) is 0.950. The number of rotatable bonds is 2. The van der Waals surface area contributed by atoms with Crippen molar-refractivity contribution in [3.8, 4) is 0 Å². The molecule has 116 valence electrons. The molecular formula is C16H37N3. The van der Waals surface area contributed by atoms with E-state index in [2.05, 4.69) is 29.1 Å². The maximum atomic E-state index is 3.51. The summed E-state index contributed by atoms with van der Waals surface area (Å²) in [7, 11) is 2.24. The first kappa shape index (κ1) is 18.9. The number of piperazine rings is 1. The molecule has 0 spiro atoms. The zero-order valence-corrected chi connectivity index (χ0v) is 14.2. The molecule has 3 nitrogen and oxygen atoms in total. The van der Waals surface area contributed by atoms with Crippen LogP contribution < -0.4 is 5.32 Å². The normalized spacial score (nSPS) is 25.9. The van der Waals surface area contributed by atoms with Gasteiger partial charge in [-0.2, -0.15) is 0 Å². The number of nitrogens with zero attached hydrogens (tertiary/aromatic N) is 2. The van der Waals surface area contributed by atoms with Gasteiger partial charge in [-0.3, -0.25) is 0 Å². The predicted octanol–water partition coefficient (Wildman–Crippen LogP) is 2.67. The molecule has 1 atom stereocenters. The average molecular weight is 271 g/mol. The standard InChI is InChI=1S/C12H25N3.2C2H6/c1-11-9-15(8-5-13-11)10-12-3-6-14(2)7-4-12;2*1-2/h11-13H,3-10H2,1-2H3;2*1-2H3. The lowest BCUT2D eigenvalue weighted by molar-refractivity contribution is 0.137. The highest BCUT2D eigenvalue weighted by molar-refractivity contribution is 4.79. The minimum absolute atomic E-state index is 0.685. The molecule has 0 aromatic heterocycles. The van der Waals surface area contributed by atoms with E-state index in [1.54, 1.807) is 0 Å². The molecule has 19 heavy (non-hydrogen) atoms. The number of hydrogen-bond donors (Lipinski definition) is 1. The van der Waals surface area contributed by atoms with Crippen LogP contribution >= 0.6 is 0 Å². The first-order valence-electron chi connectivity index (χ1n) is 8.38. The lowest BCUT2D eigenvalue weighted by Crippen LogP contribution is -2.51. The van der Waals surface area contributed by atoms with Gasteiger partial charge < -0.3 is 15.1 Å². The Bertz CT molecular complexity index is 188. The number of piperidine rings is 1. The first-order valence-corrected chi connectivity index (χ1v) is 8.38.